The molecule has 0 spiro atoms. The van der Waals surface area contributed by atoms with Gasteiger partial charge in [0.2, 0.25) is 0 Å². The Labute approximate surface area is 82.2 Å². The van der Waals surface area contributed by atoms with Gasteiger partial charge in [0.25, 0.3) is 0 Å². The molecule has 1 saturated carbocycles. The lowest BCUT2D eigenvalue weighted by molar-refractivity contribution is -0.186. The first-order chi connectivity index (χ1) is 6.32. The fourth-order valence-corrected chi connectivity index (χ4v) is 2.06. The Kier molecular flexibility index (Phi) is 3.42. The van der Waals surface area contributed by atoms with Crippen LogP contribution in [0.5, 0.6) is 0 Å². The lowest BCUT2D eigenvalue weighted by Gasteiger charge is -2.38. The Morgan fingerprint density at radius 2 is 1.79 bits per heavy atom. The average molecular weight is 210 g/mol. The summed E-state index contributed by atoms with van der Waals surface area (Å²) in [5.74, 6) is -1.17. The lowest BCUT2D eigenvalue weighted by Crippen LogP contribution is -2.50. The number of halogens is 3. The van der Waals surface area contributed by atoms with Crippen LogP contribution in [0.1, 0.15) is 19.3 Å². The number of nitrogens with two attached hydrogens (primary N) is 1. The number of nitrogens with zero attached hydrogens (tertiary/aromatic N) is 1. The van der Waals surface area contributed by atoms with Gasteiger partial charge in [-0.3, -0.25) is 0 Å². The van der Waals surface area contributed by atoms with E-state index >= 15 is 0 Å². The highest BCUT2D eigenvalue weighted by Crippen LogP contribution is 2.38. The Hall–Kier alpha value is -0.290. The highest BCUT2D eigenvalue weighted by Gasteiger charge is 2.44. The molecule has 1 rings (SSSR count). The second kappa shape index (κ2) is 4.06. The van der Waals surface area contributed by atoms with Gasteiger partial charge in [-0.05, 0) is 33.4 Å². The van der Waals surface area contributed by atoms with E-state index in [0.717, 1.165) is 0 Å². The molecule has 2 nitrogen and oxygen atoms in total. The summed E-state index contributed by atoms with van der Waals surface area (Å²) in [6, 6.07) is -0.265. The van der Waals surface area contributed by atoms with E-state index in [-0.39, 0.29) is 24.9 Å². The van der Waals surface area contributed by atoms with Gasteiger partial charge in [0.05, 0.1) is 5.92 Å². The van der Waals surface area contributed by atoms with Crippen molar-refractivity contribution in [2.75, 3.05) is 14.1 Å². The lowest BCUT2D eigenvalue weighted by atomic mass is 9.82. The predicted molar refractivity (Wildman–Crippen MR) is 48.8 cm³/mol. The van der Waals surface area contributed by atoms with Gasteiger partial charge < -0.3 is 10.6 Å². The van der Waals surface area contributed by atoms with E-state index in [0.29, 0.717) is 6.42 Å². The zero-order valence-corrected chi connectivity index (χ0v) is 8.51. The number of hydrogen-bond donors (Lipinski definition) is 1. The monoisotopic (exact) mass is 210 g/mol. The molecule has 0 heterocycles. The van der Waals surface area contributed by atoms with E-state index in [1.807, 2.05) is 0 Å². The molecule has 1 fully saturated rings. The Morgan fingerprint density at radius 1 is 1.21 bits per heavy atom. The Bertz CT molecular complexity index is 191. The summed E-state index contributed by atoms with van der Waals surface area (Å²) in [5.41, 5.74) is 5.78. The standard InChI is InChI=1S/C9H17F3N2/c1-14(2)8-5-6(9(10,11)12)3-4-7(8)13/h6-8H,3-5,13H2,1-2H3/t6-,7-,8-/m0/s1. The minimum atomic E-state index is -4.06. The maximum atomic E-state index is 12.4. The quantitative estimate of drug-likeness (QED) is 0.712. The van der Waals surface area contributed by atoms with Crippen LogP contribution in [0.25, 0.3) is 0 Å². The van der Waals surface area contributed by atoms with Gasteiger partial charge in [-0.1, -0.05) is 0 Å². The molecule has 84 valence electrons. The normalized spacial score (nSPS) is 34.9. The van der Waals surface area contributed by atoms with Crippen molar-refractivity contribution in [1.29, 1.82) is 0 Å². The zero-order chi connectivity index (χ0) is 10.9. The molecule has 0 aromatic carbocycles. The van der Waals surface area contributed by atoms with Crippen LogP contribution in [0, 0.1) is 5.92 Å². The minimum absolute atomic E-state index is 0.122. The summed E-state index contributed by atoms with van der Waals surface area (Å²) < 4.78 is 37.3. The molecule has 0 amide bonds. The van der Waals surface area contributed by atoms with Gasteiger partial charge in [-0.15, -0.1) is 0 Å². The second-order valence-electron chi connectivity index (χ2n) is 4.25. The van der Waals surface area contributed by atoms with Crippen LogP contribution in [-0.2, 0) is 0 Å². The third kappa shape index (κ3) is 2.60. The molecular formula is C9H17F3N2. The molecule has 0 radical (unpaired) electrons. The van der Waals surface area contributed by atoms with E-state index < -0.39 is 12.1 Å². The van der Waals surface area contributed by atoms with Gasteiger partial charge in [0.1, 0.15) is 0 Å². The van der Waals surface area contributed by atoms with Crippen LogP contribution in [-0.4, -0.2) is 37.3 Å². The van der Waals surface area contributed by atoms with Crippen LogP contribution >= 0.6 is 0 Å². The topological polar surface area (TPSA) is 29.3 Å². The van der Waals surface area contributed by atoms with E-state index in [1.165, 1.54) is 0 Å². The first-order valence-corrected chi connectivity index (χ1v) is 4.81. The van der Waals surface area contributed by atoms with Crippen LogP contribution in [0.4, 0.5) is 13.2 Å². The van der Waals surface area contributed by atoms with Gasteiger partial charge in [-0.25, -0.2) is 0 Å². The molecular weight excluding hydrogens is 193 g/mol. The first kappa shape index (κ1) is 11.8. The third-order valence-corrected chi connectivity index (χ3v) is 2.99. The fraction of sp³-hybridized carbons (Fsp3) is 1.00. The van der Waals surface area contributed by atoms with Crippen molar-refractivity contribution in [1.82, 2.24) is 4.90 Å². The van der Waals surface area contributed by atoms with Gasteiger partial charge in [0, 0.05) is 12.1 Å². The van der Waals surface area contributed by atoms with Gasteiger partial charge in [0.15, 0.2) is 0 Å². The highest BCUT2D eigenvalue weighted by molar-refractivity contribution is 4.89. The van der Waals surface area contributed by atoms with E-state index in [9.17, 15) is 13.2 Å². The van der Waals surface area contributed by atoms with Crippen LogP contribution < -0.4 is 5.73 Å². The van der Waals surface area contributed by atoms with Crippen molar-refractivity contribution in [2.24, 2.45) is 11.7 Å². The Morgan fingerprint density at radius 3 is 2.21 bits per heavy atom. The van der Waals surface area contributed by atoms with Gasteiger partial charge in [-0.2, -0.15) is 13.2 Å². The van der Waals surface area contributed by atoms with Crippen molar-refractivity contribution in [3.05, 3.63) is 0 Å². The molecule has 0 aromatic heterocycles. The maximum Gasteiger partial charge on any atom is 0.391 e. The second-order valence-corrected chi connectivity index (χ2v) is 4.25. The molecule has 0 aliphatic heterocycles. The highest BCUT2D eigenvalue weighted by atomic mass is 19.4. The average Bonchev–Trinajstić information content (AvgIpc) is 2.02. The zero-order valence-electron chi connectivity index (χ0n) is 8.51. The smallest absolute Gasteiger partial charge is 0.326 e. The molecule has 1 aliphatic carbocycles. The van der Waals surface area contributed by atoms with Crippen LogP contribution in [0.2, 0.25) is 0 Å². The molecule has 1 aliphatic rings. The Balaban J connectivity index is 2.62. The molecule has 5 heteroatoms. The maximum absolute atomic E-state index is 12.4. The van der Waals surface area contributed by atoms with Crippen molar-refractivity contribution in [3.8, 4) is 0 Å². The van der Waals surface area contributed by atoms with Crippen LogP contribution in [0.15, 0.2) is 0 Å². The summed E-state index contributed by atoms with van der Waals surface area (Å²) in [7, 11) is 3.56. The van der Waals surface area contributed by atoms with Crippen molar-refractivity contribution >= 4 is 0 Å². The molecule has 3 atom stereocenters. The third-order valence-electron chi connectivity index (χ3n) is 2.99. The first-order valence-electron chi connectivity index (χ1n) is 4.81. The minimum Gasteiger partial charge on any atom is -0.326 e. The van der Waals surface area contributed by atoms with Crippen LogP contribution in [0.3, 0.4) is 0 Å². The molecule has 0 bridgehead atoms. The molecule has 2 N–H and O–H groups in total. The largest absolute Gasteiger partial charge is 0.391 e. The van der Waals surface area contributed by atoms with Crippen molar-refractivity contribution in [3.63, 3.8) is 0 Å². The summed E-state index contributed by atoms with van der Waals surface area (Å²) >= 11 is 0. The van der Waals surface area contributed by atoms with E-state index in [1.54, 1.807) is 19.0 Å². The SMILES string of the molecule is CN(C)[C@H]1C[C@@H](C(F)(F)F)CC[C@@H]1N. The molecule has 0 unspecified atom stereocenters. The van der Waals surface area contributed by atoms with Crippen molar-refractivity contribution < 1.29 is 13.2 Å². The van der Waals surface area contributed by atoms with Gasteiger partial charge >= 0.3 is 6.18 Å². The van der Waals surface area contributed by atoms with Crippen molar-refractivity contribution in [2.45, 2.75) is 37.5 Å². The molecule has 0 saturated heterocycles. The summed E-state index contributed by atoms with van der Waals surface area (Å²) in [5, 5.41) is 0. The van der Waals surface area contributed by atoms with E-state index in [2.05, 4.69) is 0 Å². The number of hydrogen-bond acceptors (Lipinski definition) is 2. The predicted octanol–water partition coefficient (Wildman–Crippen LogP) is 1.61. The number of alkyl halides is 3. The van der Waals surface area contributed by atoms with E-state index in [4.69, 9.17) is 5.73 Å². The number of likely N-dealkylation sites (N-methyl/N-ethyl adjacent to an activating group) is 1. The summed E-state index contributed by atoms with van der Waals surface area (Å²) in [6.07, 6.45) is -3.28. The summed E-state index contributed by atoms with van der Waals surface area (Å²) in [4.78, 5) is 1.79. The summed E-state index contributed by atoms with van der Waals surface area (Å²) in [6.45, 7) is 0. The number of rotatable bonds is 1. The molecule has 14 heavy (non-hydrogen) atoms. The molecule has 0 aromatic rings. The fourth-order valence-electron chi connectivity index (χ4n) is 2.06.